The molecule has 1 amide bonds. The van der Waals surface area contributed by atoms with Gasteiger partial charge in [-0.15, -0.1) is 0 Å². The number of hydrogen-bond donors (Lipinski definition) is 0. The fourth-order valence-corrected chi connectivity index (χ4v) is 3.96. The molecule has 2 heterocycles. The van der Waals surface area contributed by atoms with Crippen molar-refractivity contribution >= 4 is 5.91 Å². The predicted octanol–water partition coefficient (Wildman–Crippen LogP) is 3.97. The molecule has 2 aromatic rings. The Hall–Kier alpha value is -2.14. The summed E-state index contributed by atoms with van der Waals surface area (Å²) in [6.07, 6.45) is 1.78. The van der Waals surface area contributed by atoms with E-state index in [1.807, 2.05) is 40.8 Å². The Bertz CT molecular complexity index is 792. The van der Waals surface area contributed by atoms with Gasteiger partial charge < -0.3 is 9.64 Å². The summed E-state index contributed by atoms with van der Waals surface area (Å²) in [5.74, 6) is 0.109. The van der Waals surface area contributed by atoms with Crippen molar-refractivity contribution in [2.24, 2.45) is 0 Å². The molecule has 0 unspecified atom stereocenters. The summed E-state index contributed by atoms with van der Waals surface area (Å²) in [5.41, 5.74) is 3.90. The molecular formula is C22H31N3O2. The number of aryl methyl sites for hydroxylation is 2. The van der Waals surface area contributed by atoms with Gasteiger partial charge in [0.05, 0.1) is 17.8 Å². The minimum absolute atomic E-state index is 0.109. The number of nitrogens with zero attached hydrogens (tertiary/aromatic N) is 3. The lowest BCUT2D eigenvalue weighted by Crippen LogP contribution is -2.48. The number of ether oxygens (including phenoxy) is 1. The van der Waals surface area contributed by atoms with Gasteiger partial charge >= 0.3 is 0 Å². The molecule has 0 bridgehead atoms. The highest BCUT2D eigenvalue weighted by Crippen LogP contribution is 2.28. The van der Waals surface area contributed by atoms with E-state index in [0.29, 0.717) is 13.2 Å². The number of aromatic nitrogens is 2. The van der Waals surface area contributed by atoms with Crippen LogP contribution < -0.4 is 0 Å². The van der Waals surface area contributed by atoms with E-state index in [2.05, 4.69) is 38.9 Å². The molecule has 0 saturated carbocycles. The predicted molar refractivity (Wildman–Crippen MR) is 107 cm³/mol. The summed E-state index contributed by atoms with van der Waals surface area (Å²) < 4.78 is 7.81. The first-order valence-electron chi connectivity index (χ1n) is 9.84. The molecule has 1 aliphatic rings. The van der Waals surface area contributed by atoms with Gasteiger partial charge in [-0.3, -0.25) is 9.48 Å². The summed E-state index contributed by atoms with van der Waals surface area (Å²) in [7, 11) is 0. The van der Waals surface area contributed by atoms with Gasteiger partial charge in [0.2, 0.25) is 0 Å². The molecule has 3 rings (SSSR count). The van der Waals surface area contributed by atoms with E-state index in [-0.39, 0.29) is 17.6 Å². The topological polar surface area (TPSA) is 47.4 Å². The van der Waals surface area contributed by atoms with Crippen LogP contribution in [-0.2, 0) is 11.3 Å². The largest absolute Gasteiger partial charge is 0.375 e. The minimum Gasteiger partial charge on any atom is -0.375 e. The molecule has 146 valence electrons. The Balaban J connectivity index is 1.71. The third-order valence-corrected chi connectivity index (χ3v) is 5.35. The van der Waals surface area contributed by atoms with Gasteiger partial charge in [0.1, 0.15) is 0 Å². The van der Waals surface area contributed by atoms with Crippen LogP contribution in [0.25, 0.3) is 0 Å². The van der Waals surface area contributed by atoms with Crippen molar-refractivity contribution < 1.29 is 9.53 Å². The van der Waals surface area contributed by atoms with E-state index < -0.39 is 0 Å². The molecular weight excluding hydrogens is 338 g/mol. The maximum absolute atomic E-state index is 13.1. The fraction of sp³-hybridized carbons (Fsp3) is 0.545. The lowest BCUT2D eigenvalue weighted by molar-refractivity contribution is -0.0777. The van der Waals surface area contributed by atoms with E-state index in [9.17, 15) is 4.79 Å². The van der Waals surface area contributed by atoms with Crippen molar-refractivity contribution in [3.8, 4) is 0 Å². The van der Waals surface area contributed by atoms with Crippen molar-refractivity contribution in [2.75, 3.05) is 13.2 Å². The number of carbonyl (C=O) groups excluding carboxylic acids is 1. The van der Waals surface area contributed by atoms with Crippen LogP contribution in [0.1, 0.15) is 60.9 Å². The highest BCUT2D eigenvalue weighted by molar-refractivity contribution is 5.94. The zero-order valence-corrected chi connectivity index (χ0v) is 17.2. The van der Waals surface area contributed by atoms with Gasteiger partial charge in [-0.2, -0.15) is 5.10 Å². The molecule has 5 heteroatoms. The zero-order valence-electron chi connectivity index (χ0n) is 17.2. The highest BCUT2D eigenvalue weighted by atomic mass is 16.5. The molecule has 0 radical (unpaired) electrons. The Morgan fingerprint density at radius 1 is 1.30 bits per heavy atom. The van der Waals surface area contributed by atoms with Crippen molar-refractivity contribution in [2.45, 2.75) is 65.6 Å². The van der Waals surface area contributed by atoms with E-state index in [1.165, 1.54) is 0 Å². The van der Waals surface area contributed by atoms with Crippen molar-refractivity contribution in [1.82, 2.24) is 14.7 Å². The second-order valence-electron chi connectivity index (χ2n) is 8.13. The molecule has 1 aromatic heterocycles. The highest BCUT2D eigenvalue weighted by Gasteiger charge is 2.33. The number of amides is 1. The van der Waals surface area contributed by atoms with E-state index in [1.54, 1.807) is 0 Å². The normalized spacial score (nSPS) is 19.1. The Morgan fingerprint density at radius 3 is 2.56 bits per heavy atom. The first-order valence-corrected chi connectivity index (χ1v) is 9.84. The van der Waals surface area contributed by atoms with Gasteiger partial charge in [-0.25, -0.2) is 0 Å². The number of hydrogen-bond acceptors (Lipinski definition) is 3. The van der Waals surface area contributed by atoms with Crippen LogP contribution in [0.2, 0.25) is 0 Å². The first kappa shape index (κ1) is 19.6. The van der Waals surface area contributed by atoms with Crippen LogP contribution in [-0.4, -0.2) is 45.4 Å². The molecule has 1 saturated heterocycles. The standard InChI is InChI=1S/C22H31N3O2/c1-6-24(20-11-12-27-22(4,5)14-20)21(26)19-9-7-18(8-10-19)15-25-17(3)13-16(2)23-25/h7-10,13,20H,6,11-12,14-15H2,1-5H3/t20-/m0/s1. The summed E-state index contributed by atoms with van der Waals surface area (Å²) in [4.78, 5) is 15.1. The summed E-state index contributed by atoms with van der Waals surface area (Å²) in [6.45, 7) is 12.5. The molecule has 0 aliphatic carbocycles. The van der Waals surface area contributed by atoms with Gasteiger partial charge in [0.25, 0.3) is 5.91 Å². The fourth-order valence-electron chi connectivity index (χ4n) is 3.96. The van der Waals surface area contributed by atoms with Crippen LogP contribution in [0.4, 0.5) is 0 Å². The molecule has 1 atom stereocenters. The van der Waals surface area contributed by atoms with Crippen LogP contribution in [0.15, 0.2) is 30.3 Å². The maximum atomic E-state index is 13.1. The summed E-state index contributed by atoms with van der Waals surface area (Å²) in [6, 6.07) is 10.3. The van der Waals surface area contributed by atoms with Crippen LogP contribution >= 0.6 is 0 Å². The van der Waals surface area contributed by atoms with E-state index in [4.69, 9.17) is 4.74 Å². The van der Waals surface area contributed by atoms with Crippen LogP contribution in [0, 0.1) is 13.8 Å². The van der Waals surface area contributed by atoms with Crippen LogP contribution in [0.3, 0.4) is 0 Å². The summed E-state index contributed by atoms with van der Waals surface area (Å²) >= 11 is 0. The second-order valence-corrected chi connectivity index (χ2v) is 8.13. The Labute approximate surface area is 162 Å². The Kier molecular flexibility index (Phi) is 5.70. The average Bonchev–Trinajstić information content (AvgIpc) is 2.92. The third-order valence-electron chi connectivity index (χ3n) is 5.35. The Morgan fingerprint density at radius 2 is 2.00 bits per heavy atom. The third kappa shape index (κ3) is 4.59. The van der Waals surface area contributed by atoms with Gasteiger partial charge in [0, 0.05) is 30.5 Å². The molecule has 0 N–H and O–H groups in total. The molecule has 27 heavy (non-hydrogen) atoms. The smallest absolute Gasteiger partial charge is 0.254 e. The first-order chi connectivity index (χ1) is 12.8. The quantitative estimate of drug-likeness (QED) is 0.801. The lowest BCUT2D eigenvalue weighted by Gasteiger charge is -2.41. The average molecular weight is 370 g/mol. The van der Waals surface area contributed by atoms with Gasteiger partial charge in [0.15, 0.2) is 0 Å². The maximum Gasteiger partial charge on any atom is 0.254 e. The van der Waals surface area contributed by atoms with E-state index >= 15 is 0 Å². The molecule has 1 fully saturated rings. The van der Waals surface area contributed by atoms with Crippen LogP contribution in [0.5, 0.6) is 0 Å². The molecule has 1 aliphatic heterocycles. The van der Waals surface area contributed by atoms with Gasteiger partial charge in [-0.05, 0) is 71.2 Å². The summed E-state index contributed by atoms with van der Waals surface area (Å²) in [5, 5.41) is 4.51. The molecule has 1 aromatic carbocycles. The SMILES string of the molecule is CCN(C(=O)c1ccc(Cn2nc(C)cc2C)cc1)[C@H]1CCOC(C)(C)C1. The van der Waals surface area contributed by atoms with E-state index in [0.717, 1.165) is 41.9 Å². The number of benzene rings is 1. The number of carbonyl (C=O) groups is 1. The zero-order chi connectivity index (χ0) is 19.6. The van der Waals surface area contributed by atoms with Crippen molar-refractivity contribution in [3.05, 3.63) is 52.8 Å². The monoisotopic (exact) mass is 369 g/mol. The van der Waals surface area contributed by atoms with Crippen molar-refractivity contribution in [1.29, 1.82) is 0 Å². The lowest BCUT2D eigenvalue weighted by atomic mass is 9.92. The van der Waals surface area contributed by atoms with Crippen molar-refractivity contribution in [3.63, 3.8) is 0 Å². The minimum atomic E-state index is -0.166. The van der Waals surface area contributed by atoms with Gasteiger partial charge in [-0.1, -0.05) is 12.1 Å². The number of rotatable bonds is 5. The molecule has 5 nitrogen and oxygen atoms in total. The second kappa shape index (κ2) is 7.85. The molecule has 0 spiro atoms.